The number of allylic oxidation sites excluding steroid dienone is 2. The van der Waals surface area contributed by atoms with Crippen molar-refractivity contribution in [3.05, 3.63) is 34.5 Å². The van der Waals surface area contributed by atoms with E-state index in [0.29, 0.717) is 17.6 Å². The van der Waals surface area contributed by atoms with Gasteiger partial charge in [0.2, 0.25) is 0 Å². The summed E-state index contributed by atoms with van der Waals surface area (Å²) in [7, 11) is 0. The van der Waals surface area contributed by atoms with E-state index >= 15 is 0 Å². The number of thiophene rings is 1. The van der Waals surface area contributed by atoms with E-state index in [1.54, 1.807) is 11.3 Å². The summed E-state index contributed by atoms with van der Waals surface area (Å²) in [5.74, 6) is 1.88. The zero-order chi connectivity index (χ0) is 9.54. The van der Waals surface area contributed by atoms with E-state index < -0.39 is 0 Å². The van der Waals surface area contributed by atoms with Gasteiger partial charge in [0, 0.05) is 5.92 Å². The smallest absolute Gasteiger partial charge is 0.176 e. The van der Waals surface area contributed by atoms with Gasteiger partial charge in [0.25, 0.3) is 0 Å². The van der Waals surface area contributed by atoms with Crippen LogP contribution < -0.4 is 0 Å². The maximum absolute atomic E-state index is 12.1. The molecule has 3 rings (SSSR count). The first-order valence-corrected chi connectivity index (χ1v) is 5.98. The van der Waals surface area contributed by atoms with Crippen molar-refractivity contribution in [2.45, 2.75) is 12.8 Å². The van der Waals surface area contributed by atoms with Gasteiger partial charge < -0.3 is 0 Å². The molecule has 0 aromatic carbocycles. The molecule has 0 N–H and O–H groups in total. The fourth-order valence-electron chi connectivity index (χ4n) is 2.68. The maximum Gasteiger partial charge on any atom is 0.176 e. The van der Waals surface area contributed by atoms with Crippen LogP contribution in [-0.4, -0.2) is 5.78 Å². The predicted molar refractivity (Wildman–Crippen MR) is 57.5 cm³/mol. The third kappa shape index (κ3) is 1.17. The van der Waals surface area contributed by atoms with E-state index in [1.165, 1.54) is 6.42 Å². The molecular formula is C12H12OS. The van der Waals surface area contributed by atoms with Crippen molar-refractivity contribution >= 4 is 17.1 Å². The van der Waals surface area contributed by atoms with Gasteiger partial charge in [0.1, 0.15) is 0 Å². The minimum Gasteiger partial charge on any atom is -0.293 e. The molecule has 1 fully saturated rings. The van der Waals surface area contributed by atoms with Crippen molar-refractivity contribution < 1.29 is 4.79 Å². The summed E-state index contributed by atoms with van der Waals surface area (Å²) in [5.41, 5.74) is 0. The van der Waals surface area contributed by atoms with E-state index in [-0.39, 0.29) is 5.92 Å². The molecule has 0 saturated heterocycles. The van der Waals surface area contributed by atoms with Crippen LogP contribution >= 0.6 is 11.3 Å². The van der Waals surface area contributed by atoms with Gasteiger partial charge in [-0.25, -0.2) is 0 Å². The average molecular weight is 204 g/mol. The number of hydrogen-bond donors (Lipinski definition) is 0. The van der Waals surface area contributed by atoms with Crippen molar-refractivity contribution in [2.24, 2.45) is 17.8 Å². The maximum atomic E-state index is 12.1. The summed E-state index contributed by atoms with van der Waals surface area (Å²) in [4.78, 5) is 13.0. The van der Waals surface area contributed by atoms with Gasteiger partial charge in [0.15, 0.2) is 5.78 Å². The normalized spacial score (nSPS) is 33.9. The standard InChI is InChI=1S/C12H12OS/c13-12(11-2-1-5-14-11)10-7-8-3-4-9(10)6-8/h1-5,8-10H,6-7H2. The Morgan fingerprint density at radius 1 is 1.36 bits per heavy atom. The molecular weight excluding hydrogens is 192 g/mol. The van der Waals surface area contributed by atoms with Crippen LogP contribution in [0.25, 0.3) is 0 Å². The van der Waals surface area contributed by atoms with Crippen LogP contribution in [-0.2, 0) is 0 Å². The molecule has 0 aliphatic heterocycles. The summed E-state index contributed by atoms with van der Waals surface area (Å²) < 4.78 is 0. The molecule has 0 amide bonds. The molecule has 2 heteroatoms. The van der Waals surface area contributed by atoms with Crippen molar-refractivity contribution in [1.29, 1.82) is 0 Å². The zero-order valence-corrected chi connectivity index (χ0v) is 8.67. The Kier molecular flexibility index (Phi) is 1.84. The third-order valence-electron chi connectivity index (χ3n) is 3.38. The van der Waals surface area contributed by atoms with Crippen molar-refractivity contribution in [3.63, 3.8) is 0 Å². The van der Waals surface area contributed by atoms with E-state index in [2.05, 4.69) is 12.2 Å². The molecule has 14 heavy (non-hydrogen) atoms. The largest absolute Gasteiger partial charge is 0.293 e. The molecule has 0 radical (unpaired) electrons. The van der Waals surface area contributed by atoms with Gasteiger partial charge in [-0.3, -0.25) is 4.79 Å². The zero-order valence-electron chi connectivity index (χ0n) is 7.85. The first kappa shape index (κ1) is 8.42. The number of Topliss-reactive ketones (excluding diaryl/α,β-unsaturated/α-hetero) is 1. The molecule has 2 aliphatic rings. The Balaban J connectivity index is 1.84. The highest BCUT2D eigenvalue weighted by Gasteiger charge is 2.40. The lowest BCUT2D eigenvalue weighted by molar-refractivity contribution is 0.0905. The minimum absolute atomic E-state index is 0.281. The van der Waals surface area contributed by atoms with Crippen LogP contribution in [0.1, 0.15) is 22.5 Å². The van der Waals surface area contributed by atoms with Crippen LogP contribution in [0.5, 0.6) is 0 Å². The van der Waals surface area contributed by atoms with Gasteiger partial charge in [0.05, 0.1) is 4.88 Å². The summed E-state index contributed by atoms with van der Waals surface area (Å²) in [6.07, 6.45) is 6.81. The summed E-state index contributed by atoms with van der Waals surface area (Å²) in [6, 6.07) is 3.91. The Bertz CT molecular complexity index is 377. The van der Waals surface area contributed by atoms with E-state index in [1.807, 2.05) is 17.5 Å². The monoisotopic (exact) mass is 204 g/mol. The first-order chi connectivity index (χ1) is 6.84. The van der Waals surface area contributed by atoms with Crippen molar-refractivity contribution in [2.75, 3.05) is 0 Å². The number of rotatable bonds is 2. The molecule has 1 aromatic rings. The van der Waals surface area contributed by atoms with E-state index in [9.17, 15) is 4.79 Å². The molecule has 1 saturated carbocycles. The second-order valence-electron chi connectivity index (χ2n) is 4.23. The fourth-order valence-corrected chi connectivity index (χ4v) is 3.41. The summed E-state index contributed by atoms with van der Waals surface area (Å²) in [5, 5.41) is 1.98. The molecule has 3 unspecified atom stereocenters. The predicted octanol–water partition coefficient (Wildman–Crippen LogP) is 3.14. The molecule has 1 heterocycles. The van der Waals surface area contributed by atoms with Crippen LogP contribution in [0, 0.1) is 17.8 Å². The molecule has 3 atom stereocenters. The molecule has 1 aromatic heterocycles. The quantitative estimate of drug-likeness (QED) is 0.534. The van der Waals surface area contributed by atoms with Crippen LogP contribution in [0.3, 0.4) is 0 Å². The summed E-state index contributed by atoms with van der Waals surface area (Å²) in [6.45, 7) is 0. The fraction of sp³-hybridized carbons (Fsp3) is 0.417. The molecule has 2 bridgehead atoms. The highest BCUT2D eigenvalue weighted by Crippen LogP contribution is 2.44. The van der Waals surface area contributed by atoms with Gasteiger partial charge in [-0.15, -0.1) is 11.3 Å². The first-order valence-electron chi connectivity index (χ1n) is 5.10. The van der Waals surface area contributed by atoms with Gasteiger partial charge >= 0.3 is 0 Å². The van der Waals surface area contributed by atoms with Crippen LogP contribution in [0.15, 0.2) is 29.7 Å². The second-order valence-corrected chi connectivity index (χ2v) is 5.18. The minimum atomic E-state index is 0.281. The van der Waals surface area contributed by atoms with E-state index in [4.69, 9.17) is 0 Å². The molecule has 0 spiro atoms. The van der Waals surface area contributed by atoms with Crippen LogP contribution in [0.4, 0.5) is 0 Å². The number of carbonyl (C=O) groups excluding carboxylic acids is 1. The van der Waals surface area contributed by atoms with Crippen LogP contribution in [0.2, 0.25) is 0 Å². The topological polar surface area (TPSA) is 17.1 Å². The Morgan fingerprint density at radius 3 is 2.86 bits per heavy atom. The lowest BCUT2D eigenvalue weighted by Crippen LogP contribution is -2.17. The molecule has 2 aliphatic carbocycles. The Hall–Kier alpha value is -0.890. The van der Waals surface area contributed by atoms with Gasteiger partial charge in [-0.05, 0) is 36.1 Å². The second kappa shape index (κ2) is 3.06. The lowest BCUT2D eigenvalue weighted by atomic mass is 9.89. The Labute approximate surface area is 87.5 Å². The van der Waals surface area contributed by atoms with Crippen molar-refractivity contribution in [1.82, 2.24) is 0 Å². The molecule has 1 nitrogen and oxygen atoms in total. The molecule has 72 valence electrons. The van der Waals surface area contributed by atoms with E-state index in [0.717, 1.165) is 11.3 Å². The highest BCUT2D eigenvalue weighted by atomic mass is 32.1. The summed E-state index contributed by atoms with van der Waals surface area (Å²) >= 11 is 1.57. The third-order valence-corrected chi connectivity index (χ3v) is 4.26. The highest BCUT2D eigenvalue weighted by molar-refractivity contribution is 7.12. The van der Waals surface area contributed by atoms with Gasteiger partial charge in [-0.2, -0.15) is 0 Å². The SMILES string of the molecule is O=C(c1cccs1)C1CC2C=CC1C2. The Morgan fingerprint density at radius 2 is 2.29 bits per heavy atom. The number of ketones is 1. The lowest BCUT2D eigenvalue weighted by Gasteiger charge is -2.15. The van der Waals surface area contributed by atoms with Crippen molar-refractivity contribution in [3.8, 4) is 0 Å². The average Bonchev–Trinajstić information content (AvgIpc) is 2.93. The number of fused-ring (bicyclic) bond motifs is 2. The van der Waals surface area contributed by atoms with Gasteiger partial charge in [-0.1, -0.05) is 18.2 Å². The number of carbonyl (C=O) groups is 1. The number of hydrogen-bond acceptors (Lipinski definition) is 2.